The Bertz CT molecular complexity index is 879. The van der Waals surface area contributed by atoms with Crippen molar-refractivity contribution in [3.63, 3.8) is 0 Å². The van der Waals surface area contributed by atoms with Crippen LogP contribution in [0.3, 0.4) is 0 Å². The SMILES string of the molecule is Cc1ccc(S(=O)(=O)N2CCOCC2)cc1NC(=O)C1C2CC3CC(C2)CC1C3. The van der Waals surface area contributed by atoms with Crippen LogP contribution in [0, 0.1) is 36.5 Å². The molecule has 0 radical (unpaired) electrons. The van der Waals surface area contributed by atoms with Crippen LogP contribution in [0.1, 0.15) is 37.7 Å². The van der Waals surface area contributed by atoms with Gasteiger partial charge in [0.2, 0.25) is 15.9 Å². The molecule has 1 aromatic rings. The Kier molecular flexibility index (Phi) is 4.95. The largest absolute Gasteiger partial charge is 0.379 e. The Balaban J connectivity index is 1.36. The van der Waals surface area contributed by atoms with Crippen molar-refractivity contribution < 1.29 is 17.9 Å². The van der Waals surface area contributed by atoms with E-state index in [0.29, 0.717) is 43.8 Å². The zero-order chi connectivity index (χ0) is 20.2. The van der Waals surface area contributed by atoms with Crippen LogP contribution < -0.4 is 5.32 Å². The first kappa shape index (κ1) is 19.5. The van der Waals surface area contributed by atoms with E-state index in [1.807, 2.05) is 6.92 Å². The predicted molar refractivity (Wildman–Crippen MR) is 110 cm³/mol. The fourth-order valence-electron chi connectivity index (χ4n) is 6.40. The maximum atomic E-state index is 13.2. The van der Waals surface area contributed by atoms with Crippen molar-refractivity contribution in [3.8, 4) is 0 Å². The van der Waals surface area contributed by atoms with Gasteiger partial charge >= 0.3 is 0 Å². The summed E-state index contributed by atoms with van der Waals surface area (Å²) in [5, 5.41) is 3.11. The number of morpholine rings is 1. The van der Waals surface area contributed by atoms with E-state index in [2.05, 4.69) is 5.32 Å². The van der Waals surface area contributed by atoms with Crippen molar-refractivity contribution in [1.29, 1.82) is 0 Å². The van der Waals surface area contributed by atoms with Gasteiger partial charge in [-0.1, -0.05) is 6.07 Å². The summed E-state index contributed by atoms with van der Waals surface area (Å²) in [4.78, 5) is 13.5. The number of nitrogens with zero attached hydrogens (tertiary/aromatic N) is 1. The van der Waals surface area contributed by atoms with Crippen LogP contribution in [0.4, 0.5) is 5.69 Å². The van der Waals surface area contributed by atoms with Crippen LogP contribution in [0.25, 0.3) is 0 Å². The molecule has 0 spiro atoms. The lowest BCUT2D eigenvalue weighted by molar-refractivity contribution is -0.132. The molecule has 4 saturated carbocycles. The van der Waals surface area contributed by atoms with Crippen molar-refractivity contribution in [3.05, 3.63) is 23.8 Å². The fourth-order valence-corrected chi connectivity index (χ4v) is 7.84. The molecule has 1 aliphatic heterocycles. The zero-order valence-electron chi connectivity index (χ0n) is 17.0. The number of aryl methyl sites for hydroxylation is 1. The van der Waals surface area contributed by atoms with Crippen molar-refractivity contribution in [1.82, 2.24) is 4.31 Å². The summed E-state index contributed by atoms with van der Waals surface area (Å²) in [7, 11) is -3.58. The molecular weight excluding hydrogens is 388 g/mol. The quantitative estimate of drug-likeness (QED) is 0.816. The molecule has 7 heteroatoms. The first-order chi connectivity index (χ1) is 13.9. The van der Waals surface area contributed by atoms with Crippen LogP contribution >= 0.6 is 0 Å². The molecule has 5 fully saturated rings. The summed E-state index contributed by atoms with van der Waals surface area (Å²) < 4.78 is 32.7. The van der Waals surface area contributed by atoms with Crippen LogP contribution in [0.5, 0.6) is 0 Å². The van der Waals surface area contributed by atoms with Gasteiger partial charge in [0.1, 0.15) is 0 Å². The first-order valence-electron chi connectivity index (χ1n) is 10.9. The summed E-state index contributed by atoms with van der Waals surface area (Å²) in [6.45, 7) is 3.48. The number of anilines is 1. The molecule has 0 atom stereocenters. The van der Waals surface area contributed by atoms with Gasteiger partial charge in [-0.05, 0) is 80.4 Å². The third kappa shape index (κ3) is 3.51. The van der Waals surface area contributed by atoms with E-state index in [-0.39, 0.29) is 16.7 Å². The number of hydrogen-bond acceptors (Lipinski definition) is 4. The number of carbonyl (C=O) groups excluding carboxylic acids is 1. The van der Waals surface area contributed by atoms with E-state index >= 15 is 0 Å². The molecule has 1 amide bonds. The number of rotatable bonds is 4. The van der Waals surface area contributed by atoms with Crippen molar-refractivity contribution in [2.45, 2.75) is 43.9 Å². The van der Waals surface area contributed by atoms with Crippen LogP contribution in [-0.4, -0.2) is 44.9 Å². The molecule has 5 aliphatic rings. The van der Waals surface area contributed by atoms with Crippen LogP contribution in [0.15, 0.2) is 23.1 Å². The van der Waals surface area contributed by atoms with E-state index < -0.39 is 10.0 Å². The summed E-state index contributed by atoms with van der Waals surface area (Å²) >= 11 is 0. The number of hydrogen-bond donors (Lipinski definition) is 1. The van der Waals surface area contributed by atoms with Gasteiger partial charge in [-0.3, -0.25) is 4.79 Å². The summed E-state index contributed by atoms with van der Waals surface area (Å²) in [6.07, 6.45) is 6.12. The van der Waals surface area contributed by atoms with Crippen molar-refractivity contribution >= 4 is 21.6 Å². The van der Waals surface area contributed by atoms with Gasteiger partial charge in [0.05, 0.1) is 18.1 Å². The fraction of sp³-hybridized carbons (Fsp3) is 0.682. The van der Waals surface area contributed by atoms with Crippen molar-refractivity contribution in [2.75, 3.05) is 31.6 Å². The highest BCUT2D eigenvalue weighted by atomic mass is 32.2. The molecule has 158 valence electrons. The summed E-state index contributed by atoms with van der Waals surface area (Å²) in [6, 6.07) is 5.06. The Morgan fingerprint density at radius 2 is 1.66 bits per heavy atom. The monoisotopic (exact) mass is 418 g/mol. The topological polar surface area (TPSA) is 75.7 Å². The number of carbonyl (C=O) groups is 1. The van der Waals surface area contributed by atoms with E-state index in [0.717, 1.165) is 17.4 Å². The van der Waals surface area contributed by atoms with Gasteiger partial charge in [-0.25, -0.2) is 8.42 Å². The van der Waals surface area contributed by atoms with Gasteiger partial charge in [0, 0.05) is 24.7 Å². The van der Waals surface area contributed by atoms with Crippen LogP contribution in [0.2, 0.25) is 0 Å². The third-order valence-corrected chi connectivity index (χ3v) is 9.50. The number of sulfonamides is 1. The molecule has 1 saturated heterocycles. The molecule has 1 N–H and O–H groups in total. The van der Waals surface area contributed by atoms with Crippen molar-refractivity contribution in [2.24, 2.45) is 29.6 Å². The Morgan fingerprint density at radius 1 is 1.03 bits per heavy atom. The normalized spacial score (nSPS) is 34.3. The zero-order valence-corrected chi connectivity index (χ0v) is 17.8. The third-order valence-electron chi connectivity index (χ3n) is 7.60. The number of ether oxygens (including phenoxy) is 1. The molecule has 0 unspecified atom stereocenters. The molecule has 1 heterocycles. The Labute approximate surface area is 173 Å². The van der Waals surface area contributed by atoms with E-state index in [1.54, 1.807) is 18.2 Å². The van der Waals surface area contributed by atoms with Gasteiger partial charge in [-0.15, -0.1) is 0 Å². The second kappa shape index (κ2) is 7.36. The van der Waals surface area contributed by atoms with Gasteiger partial charge in [0.25, 0.3) is 0 Å². The highest BCUT2D eigenvalue weighted by Crippen LogP contribution is 2.56. The molecular formula is C22H30N2O4S. The van der Waals surface area contributed by atoms with Gasteiger partial charge < -0.3 is 10.1 Å². The second-order valence-corrected chi connectivity index (χ2v) is 11.4. The average Bonchev–Trinajstić information content (AvgIpc) is 2.69. The maximum Gasteiger partial charge on any atom is 0.243 e. The lowest BCUT2D eigenvalue weighted by Crippen LogP contribution is -2.49. The standard InChI is InChI=1S/C22H30N2O4S/c1-14-2-3-19(29(26,27)24-4-6-28-7-5-24)13-20(14)23-22(25)21-17-9-15-8-16(11-17)12-18(21)10-15/h2-3,13,15-18,21H,4-12H2,1H3,(H,23,25). The minimum Gasteiger partial charge on any atom is -0.379 e. The number of nitrogens with one attached hydrogen (secondary N) is 1. The highest BCUT2D eigenvalue weighted by molar-refractivity contribution is 7.89. The van der Waals surface area contributed by atoms with E-state index in [1.165, 1.54) is 36.4 Å². The number of amides is 1. The minimum atomic E-state index is -3.58. The molecule has 29 heavy (non-hydrogen) atoms. The first-order valence-corrected chi connectivity index (χ1v) is 12.3. The lowest BCUT2D eigenvalue weighted by Gasteiger charge is -2.53. The van der Waals surface area contributed by atoms with E-state index in [9.17, 15) is 13.2 Å². The van der Waals surface area contributed by atoms with Crippen LogP contribution in [-0.2, 0) is 19.6 Å². The lowest BCUT2D eigenvalue weighted by atomic mass is 9.51. The smallest absolute Gasteiger partial charge is 0.243 e. The van der Waals surface area contributed by atoms with Gasteiger partial charge in [0.15, 0.2) is 0 Å². The Morgan fingerprint density at radius 3 is 2.28 bits per heavy atom. The molecule has 4 aliphatic carbocycles. The Hall–Kier alpha value is -1.44. The summed E-state index contributed by atoms with van der Waals surface area (Å²) in [5.41, 5.74) is 1.52. The highest BCUT2D eigenvalue weighted by Gasteiger charge is 2.50. The average molecular weight is 419 g/mol. The minimum absolute atomic E-state index is 0.0849. The maximum absolute atomic E-state index is 13.2. The van der Waals surface area contributed by atoms with Gasteiger partial charge in [-0.2, -0.15) is 4.31 Å². The summed E-state index contributed by atoms with van der Waals surface area (Å²) in [5.74, 6) is 2.83. The molecule has 4 bridgehead atoms. The van der Waals surface area contributed by atoms with E-state index in [4.69, 9.17) is 4.74 Å². The number of benzene rings is 1. The second-order valence-electron chi connectivity index (χ2n) is 9.44. The molecule has 6 rings (SSSR count). The molecule has 1 aromatic carbocycles. The predicted octanol–water partition coefficient (Wildman–Crippen LogP) is 3.03. The molecule has 6 nitrogen and oxygen atoms in total. The molecule has 0 aromatic heterocycles.